The number of carbonyl (C=O) groups excluding carboxylic acids is 1. The second-order valence-corrected chi connectivity index (χ2v) is 4.95. The van der Waals surface area contributed by atoms with Gasteiger partial charge in [-0.1, -0.05) is 0 Å². The molecule has 3 nitrogen and oxygen atoms in total. The van der Waals surface area contributed by atoms with Gasteiger partial charge in [-0.15, -0.1) is 0 Å². The van der Waals surface area contributed by atoms with Crippen LogP contribution in [-0.2, 0) is 6.42 Å². The molecule has 0 unspecified atom stereocenters. The summed E-state index contributed by atoms with van der Waals surface area (Å²) >= 11 is 0. The number of ketones is 1. The SMILES string of the molecule is Cc1cc(N)cc(C(=O)c2ccc3c(c2)CCO3)c1F. The number of ether oxygens (including phenoxy) is 1. The molecule has 0 aromatic heterocycles. The average Bonchev–Trinajstić information content (AvgIpc) is 2.89. The number of benzene rings is 2. The molecule has 102 valence electrons. The zero-order valence-electron chi connectivity index (χ0n) is 11.1. The third-order valence-corrected chi connectivity index (χ3v) is 3.47. The number of rotatable bonds is 2. The van der Waals surface area contributed by atoms with Crippen LogP contribution in [0, 0.1) is 12.7 Å². The molecule has 0 atom stereocenters. The fourth-order valence-electron chi connectivity index (χ4n) is 2.45. The number of hydrogen-bond donors (Lipinski definition) is 1. The van der Waals surface area contributed by atoms with Crippen molar-refractivity contribution in [1.29, 1.82) is 0 Å². The van der Waals surface area contributed by atoms with Crippen LogP contribution in [0.15, 0.2) is 30.3 Å². The summed E-state index contributed by atoms with van der Waals surface area (Å²) in [5.41, 5.74) is 7.91. The molecule has 20 heavy (non-hydrogen) atoms. The first-order valence-electron chi connectivity index (χ1n) is 6.42. The summed E-state index contributed by atoms with van der Waals surface area (Å²) in [5, 5.41) is 0. The summed E-state index contributed by atoms with van der Waals surface area (Å²) < 4.78 is 19.5. The number of halogens is 1. The van der Waals surface area contributed by atoms with Crippen LogP contribution in [0.3, 0.4) is 0 Å². The summed E-state index contributed by atoms with van der Waals surface area (Å²) in [5.74, 6) is -0.0701. The van der Waals surface area contributed by atoms with Gasteiger partial charge in [0.15, 0.2) is 5.78 Å². The minimum atomic E-state index is -0.513. The first kappa shape index (κ1) is 12.7. The van der Waals surface area contributed by atoms with E-state index in [0.717, 1.165) is 17.7 Å². The fourth-order valence-corrected chi connectivity index (χ4v) is 2.45. The number of nitrogens with two attached hydrogens (primary N) is 1. The standard InChI is InChI=1S/C16H14FNO2/c1-9-6-12(18)8-13(15(9)17)16(19)11-2-3-14-10(7-11)4-5-20-14/h2-3,6-8H,4-5,18H2,1H3. The van der Waals surface area contributed by atoms with Crippen LogP contribution in [0.4, 0.5) is 10.1 Å². The molecule has 0 spiro atoms. The van der Waals surface area contributed by atoms with Crippen molar-refractivity contribution in [2.45, 2.75) is 13.3 Å². The molecular weight excluding hydrogens is 257 g/mol. The van der Waals surface area contributed by atoms with Gasteiger partial charge in [-0.05, 0) is 48.4 Å². The Labute approximate surface area is 116 Å². The zero-order chi connectivity index (χ0) is 14.3. The molecule has 0 radical (unpaired) electrons. The second-order valence-electron chi connectivity index (χ2n) is 4.95. The summed E-state index contributed by atoms with van der Waals surface area (Å²) in [6.07, 6.45) is 0.773. The highest BCUT2D eigenvalue weighted by Gasteiger charge is 2.19. The number of nitrogen functional groups attached to an aromatic ring is 1. The topological polar surface area (TPSA) is 52.3 Å². The number of hydrogen-bond acceptors (Lipinski definition) is 3. The molecule has 0 aliphatic carbocycles. The quantitative estimate of drug-likeness (QED) is 0.675. The van der Waals surface area contributed by atoms with E-state index in [1.807, 2.05) is 0 Å². The highest BCUT2D eigenvalue weighted by molar-refractivity contribution is 6.10. The Kier molecular flexibility index (Phi) is 2.93. The molecule has 0 saturated heterocycles. The minimum absolute atomic E-state index is 0.0152. The van der Waals surface area contributed by atoms with Crippen molar-refractivity contribution in [3.8, 4) is 5.75 Å². The molecule has 0 bridgehead atoms. The fraction of sp³-hybridized carbons (Fsp3) is 0.188. The molecule has 1 heterocycles. The Morgan fingerprint density at radius 3 is 2.90 bits per heavy atom. The van der Waals surface area contributed by atoms with Crippen LogP contribution < -0.4 is 10.5 Å². The van der Waals surface area contributed by atoms with Crippen LogP contribution in [0.25, 0.3) is 0 Å². The van der Waals surface area contributed by atoms with Crippen LogP contribution in [0.2, 0.25) is 0 Å². The van der Waals surface area contributed by atoms with Crippen LogP contribution in [-0.4, -0.2) is 12.4 Å². The molecule has 0 fully saturated rings. The lowest BCUT2D eigenvalue weighted by Crippen LogP contribution is -2.07. The lowest BCUT2D eigenvalue weighted by molar-refractivity contribution is 0.103. The van der Waals surface area contributed by atoms with Crippen molar-refractivity contribution < 1.29 is 13.9 Å². The van der Waals surface area contributed by atoms with Crippen molar-refractivity contribution in [2.24, 2.45) is 0 Å². The highest BCUT2D eigenvalue weighted by Crippen LogP contribution is 2.28. The monoisotopic (exact) mass is 271 g/mol. The van der Waals surface area contributed by atoms with Gasteiger partial charge in [-0.3, -0.25) is 4.79 Å². The third kappa shape index (κ3) is 2.03. The molecule has 0 saturated carbocycles. The molecule has 2 aromatic carbocycles. The van der Waals surface area contributed by atoms with Gasteiger partial charge in [0.2, 0.25) is 0 Å². The van der Waals surface area contributed by atoms with E-state index >= 15 is 0 Å². The Hall–Kier alpha value is -2.36. The molecule has 1 aliphatic rings. The van der Waals surface area contributed by atoms with E-state index in [9.17, 15) is 9.18 Å². The average molecular weight is 271 g/mol. The van der Waals surface area contributed by atoms with Crippen LogP contribution in [0.1, 0.15) is 27.0 Å². The Morgan fingerprint density at radius 2 is 2.10 bits per heavy atom. The Balaban J connectivity index is 2.05. The largest absolute Gasteiger partial charge is 0.493 e. The van der Waals surface area contributed by atoms with Gasteiger partial charge in [-0.2, -0.15) is 0 Å². The Morgan fingerprint density at radius 1 is 1.30 bits per heavy atom. The van der Waals surface area contributed by atoms with E-state index < -0.39 is 5.82 Å². The van der Waals surface area contributed by atoms with E-state index in [1.54, 1.807) is 25.1 Å². The van der Waals surface area contributed by atoms with Gasteiger partial charge in [0, 0.05) is 17.7 Å². The molecule has 4 heteroatoms. The van der Waals surface area contributed by atoms with Crippen LogP contribution in [0.5, 0.6) is 5.75 Å². The number of carbonyl (C=O) groups is 1. The van der Waals surface area contributed by atoms with Crippen LogP contribution >= 0.6 is 0 Å². The van der Waals surface area contributed by atoms with E-state index in [4.69, 9.17) is 10.5 Å². The van der Waals surface area contributed by atoms with Gasteiger partial charge >= 0.3 is 0 Å². The highest BCUT2D eigenvalue weighted by atomic mass is 19.1. The summed E-state index contributed by atoms with van der Waals surface area (Å²) in [7, 11) is 0. The molecule has 3 rings (SSSR count). The van der Waals surface area contributed by atoms with Gasteiger partial charge < -0.3 is 10.5 Å². The van der Waals surface area contributed by atoms with Crippen molar-refractivity contribution in [3.63, 3.8) is 0 Å². The Bertz CT molecular complexity index is 710. The normalized spacial score (nSPS) is 12.9. The second kappa shape index (κ2) is 4.63. The van der Waals surface area contributed by atoms with E-state index in [-0.39, 0.29) is 11.3 Å². The first-order valence-corrected chi connectivity index (χ1v) is 6.42. The predicted octanol–water partition coefficient (Wildman–Crippen LogP) is 2.88. The summed E-state index contributed by atoms with van der Waals surface area (Å²) in [6.45, 7) is 2.22. The van der Waals surface area contributed by atoms with Crippen molar-refractivity contribution in [3.05, 3.63) is 58.4 Å². The van der Waals surface area contributed by atoms with E-state index in [2.05, 4.69) is 0 Å². The smallest absolute Gasteiger partial charge is 0.196 e. The van der Waals surface area contributed by atoms with Crippen molar-refractivity contribution in [2.75, 3.05) is 12.3 Å². The third-order valence-electron chi connectivity index (χ3n) is 3.47. The lowest BCUT2D eigenvalue weighted by Gasteiger charge is -2.08. The van der Waals surface area contributed by atoms with Gasteiger partial charge in [-0.25, -0.2) is 4.39 Å². The van der Waals surface area contributed by atoms with Crippen molar-refractivity contribution >= 4 is 11.5 Å². The number of aryl methyl sites for hydroxylation is 1. The van der Waals surface area contributed by atoms with Crippen molar-refractivity contribution in [1.82, 2.24) is 0 Å². The minimum Gasteiger partial charge on any atom is -0.493 e. The summed E-state index contributed by atoms with van der Waals surface area (Å²) in [4.78, 5) is 12.4. The molecule has 2 N–H and O–H groups in total. The maximum Gasteiger partial charge on any atom is 0.196 e. The lowest BCUT2D eigenvalue weighted by atomic mass is 9.98. The van der Waals surface area contributed by atoms with Gasteiger partial charge in [0.1, 0.15) is 11.6 Å². The number of fused-ring (bicyclic) bond motifs is 1. The zero-order valence-corrected chi connectivity index (χ0v) is 11.1. The number of anilines is 1. The molecule has 2 aromatic rings. The molecule has 1 aliphatic heterocycles. The van der Waals surface area contributed by atoms with Gasteiger partial charge in [0.25, 0.3) is 0 Å². The maximum atomic E-state index is 14.1. The molecule has 0 amide bonds. The summed E-state index contributed by atoms with van der Waals surface area (Å²) in [6, 6.07) is 8.08. The first-order chi connectivity index (χ1) is 9.56. The van der Waals surface area contributed by atoms with Gasteiger partial charge in [0.05, 0.1) is 12.2 Å². The van der Waals surface area contributed by atoms with E-state index in [0.29, 0.717) is 23.4 Å². The molecular formula is C16H14FNO2. The van der Waals surface area contributed by atoms with E-state index in [1.165, 1.54) is 12.1 Å². The predicted molar refractivity (Wildman–Crippen MR) is 74.6 cm³/mol. The maximum absolute atomic E-state index is 14.1.